The first-order valence-corrected chi connectivity index (χ1v) is 5.48. The van der Waals surface area contributed by atoms with Gasteiger partial charge in [-0.25, -0.2) is 9.78 Å². The molecule has 0 aliphatic rings. The van der Waals surface area contributed by atoms with E-state index in [1.165, 1.54) is 18.1 Å². The van der Waals surface area contributed by atoms with Gasteiger partial charge in [-0.15, -0.1) is 5.10 Å². The number of rotatable bonds is 3. The number of hydrogen-bond donors (Lipinski definition) is 0. The molecule has 2 heterocycles. The summed E-state index contributed by atoms with van der Waals surface area (Å²) >= 11 is 5.80. The molecule has 0 bridgehead atoms. The molecular weight excluding hydrogens is 274 g/mol. The molecule has 0 aliphatic heterocycles. The van der Waals surface area contributed by atoms with E-state index in [1.54, 1.807) is 19.0 Å². The lowest BCUT2D eigenvalue weighted by molar-refractivity contribution is 0.0587. The molecule has 2 aromatic heterocycles. The lowest BCUT2D eigenvalue weighted by Crippen LogP contribution is -2.16. The molecule has 0 unspecified atom stereocenters. The van der Waals surface area contributed by atoms with Crippen LogP contribution in [0.25, 0.3) is 5.95 Å². The van der Waals surface area contributed by atoms with E-state index in [1.807, 2.05) is 0 Å². The van der Waals surface area contributed by atoms with Gasteiger partial charge in [0.25, 0.3) is 11.8 Å². The Balaban J connectivity index is 2.41. The highest BCUT2D eigenvalue weighted by Crippen LogP contribution is 2.10. The van der Waals surface area contributed by atoms with E-state index >= 15 is 0 Å². The maximum Gasteiger partial charge on any atom is 0.377 e. The topological polar surface area (TPSA) is 98.9 Å². The van der Waals surface area contributed by atoms with Crippen LogP contribution in [-0.2, 0) is 4.74 Å². The summed E-state index contributed by atoms with van der Waals surface area (Å²) in [6, 6.07) is 0. The van der Waals surface area contributed by atoms with Gasteiger partial charge in [-0.1, -0.05) is 0 Å². The van der Waals surface area contributed by atoms with Crippen molar-refractivity contribution in [2.24, 2.45) is 0 Å². The van der Waals surface area contributed by atoms with E-state index in [9.17, 15) is 4.79 Å². The number of hydrogen-bond acceptors (Lipinski definition) is 8. The molecule has 2 rings (SSSR count). The van der Waals surface area contributed by atoms with Crippen LogP contribution in [0.4, 0.5) is 5.95 Å². The van der Waals surface area contributed by atoms with Gasteiger partial charge in [0, 0.05) is 14.1 Å². The van der Waals surface area contributed by atoms with Gasteiger partial charge >= 0.3 is 5.97 Å². The van der Waals surface area contributed by atoms with Crippen molar-refractivity contribution in [1.82, 2.24) is 29.7 Å². The smallest absolute Gasteiger partial charge is 0.377 e. The molecule has 10 heteroatoms. The average Bonchev–Trinajstić information content (AvgIpc) is 2.86. The summed E-state index contributed by atoms with van der Waals surface area (Å²) < 4.78 is 5.72. The van der Waals surface area contributed by atoms with Crippen LogP contribution in [0, 0.1) is 0 Å². The Morgan fingerprint density at radius 3 is 2.74 bits per heavy atom. The van der Waals surface area contributed by atoms with E-state index < -0.39 is 5.97 Å². The van der Waals surface area contributed by atoms with Crippen molar-refractivity contribution in [1.29, 1.82) is 0 Å². The summed E-state index contributed by atoms with van der Waals surface area (Å²) in [4.78, 5) is 28.7. The normalized spacial score (nSPS) is 10.3. The molecule has 0 radical (unpaired) electrons. The Kier molecular flexibility index (Phi) is 3.56. The van der Waals surface area contributed by atoms with Crippen LogP contribution >= 0.6 is 11.6 Å². The van der Waals surface area contributed by atoms with E-state index in [2.05, 4.69) is 29.8 Å². The number of anilines is 1. The quantitative estimate of drug-likeness (QED) is 0.724. The summed E-state index contributed by atoms with van der Waals surface area (Å²) in [5.41, 5.74) is 0. The zero-order valence-corrected chi connectivity index (χ0v) is 11.2. The van der Waals surface area contributed by atoms with Crippen molar-refractivity contribution >= 4 is 23.5 Å². The van der Waals surface area contributed by atoms with E-state index in [4.69, 9.17) is 11.6 Å². The number of carbonyl (C=O) groups is 1. The lowest BCUT2D eigenvalue weighted by Gasteiger charge is -2.10. The van der Waals surface area contributed by atoms with Gasteiger partial charge in [0.05, 0.1) is 7.11 Å². The Hall–Kier alpha value is -2.29. The van der Waals surface area contributed by atoms with Crippen molar-refractivity contribution in [2.75, 3.05) is 26.1 Å². The lowest BCUT2D eigenvalue weighted by atomic mass is 10.6. The van der Waals surface area contributed by atoms with Gasteiger partial charge in [0.15, 0.2) is 0 Å². The number of aromatic nitrogens is 6. The third-order valence-electron chi connectivity index (χ3n) is 2.05. The van der Waals surface area contributed by atoms with Gasteiger partial charge in [-0.05, 0) is 11.6 Å². The molecule has 0 amide bonds. The molecule has 0 atom stereocenters. The molecule has 0 saturated carbocycles. The van der Waals surface area contributed by atoms with Gasteiger partial charge in [0.2, 0.25) is 11.2 Å². The van der Waals surface area contributed by atoms with Crippen molar-refractivity contribution in [3.8, 4) is 5.95 Å². The zero-order valence-electron chi connectivity index (χ0n) is 10.4. The highest BCUT2D eigenvalue weighted by molar-refractivity contribution is 6.28. The van der Waals surface area contributed by atoms with Crippen LogP contribution in [0.15, 0.2) is 6.33 Å². The van der Waals surface area contributed by atoms with Gasteiger partial charge in [0.1, 0.15) is 6.33 Å². The third-order valence-corrected chi connectivity index (χ3v) is 2.22. The molecule has 0 fully saturated rings. The Bertz CT molecular complexity index is 612. The maximum absolute atomic E-state index is 11.3. The molecule has 9 nitrogen and oxygen atoms in total. The van der Waals surface area contributed by atoms with Crippen molar-refractivity contribution in [3.05, 3.63) is 17.4 Å². The molecule has 100 valence electrons. The fourth-order valence-electron chi connectivity index (χ4n) is 1.18. The minimum atomic E-state index is -0.647. The second kappa shape index (κ2) is 5.14. The van der Waals surface area contributed by atoms with Crippen LogP contribution in [-0.4, -0.2) is 56.9 Å². The third kappa shape index (κ3) is 2.76. The maximum atomic E-state index is 11.3. The number of esters is 1. The molecule has 0 saturated heterocycles. The summed E-state index contributed by atoms with van der Waals surface area (Å²) in [6.07, 6.45) is 1.29. The number of halogens is 1. The van der Waals surface area contributed by atoms with Crippen molar-refractivity contribution in [2.45, 2.75) is 0 Å². The predicted molar refractivity (Wildman–Crippen MR) is 65.4 cm³/mol. The molecule has 2 aromatic rings. The monoisotopic (exact) mass is 283 g/mol. The summed E-state index contributed by atoms with van der Waals surface area (Å²) in [5.74, 6) is -0.214. The van der Waals surface area contributed by atoms with Crippen molar-refractivity contribution < 1.29 is 9.53 Å². The van der Waals surface area contributed by atoms with Crippen LogP contribution in [0.5, 0.6) is 0 Å². The fraction of sp³-hybridized carbons (Fsp3) is 0.333. The number of methoxy groups -OCH3 is 1. The molecule has 0 spiro atoms. The van der Waals surface area contributed by atoms with E-state index in [0.29, 0.717) is 5.95 Å². The van der Waals surface area contributed by atoms with Crippen LogP contribution in [0.2, 0.25) is 5.28 Å². The average molecular weight is 284 g/mol. The van der Waals surface area contributed by atoms with Gasteiger partial charge in [-0.2, -0.15) is 19.6 Å². The largest absolute Gasteiger partial charge is 0.463 e. The number of ether oxygens (including phenoxy) is 1. The minimum absolute atomic E-state index is 0.0174. The number of nitrogens with zero attached hydrogens (tertiary/aromatic N) is 7. The standard InChI is InChI=1S/C9H10ClN7O2/c1-16(2)8-12-7(10)13-9(14-8)17-4-11-5(15-17)6(18)19-3/h4H,1-3H3. The first-order chi connectivity index (χ1) is 9.01. The predicted octanol–water partition coefficient (Wildman–Crippen LogP) is -0.0417. The van der Waals surface area contributed by atoms with Gasteiger partial charge < -0.3 is 9.64 Å². The fourth-order valence-corrected chi connectivity index (χ4v) is 1.33. The minimum Gasteiger partial charge on any atom is -0.463 e. The molecule has 0 N–H and O–H groups in total. The SMILES string of the molecule is COC(=O)c1ncn(-c2nc(Cl)nc(N(C)C)n2)n1. The summed E-state index contributed by atoms with van der Waals surface area (Å²) in [7, 11) is 4.76. The summed E-state index contributed by atoms with van der Waals surface area (Å²) in [6.45, 7) is 0. The highest BCUT2D eigenvalue weighted by Gasteiger charge is 2.15. The van der Waals surface area contributed by atoms with Crippen LogP contribution in [0.3, 0.4) is 0 Å². The molecular formula is C9H10ClN7O2. The van der Waals surface area contributed by atoms with E-state index in [-0.39, 0.29) is 17.1 Å². The summed E-state index contributed by atoms with van der Waals surface area (Å²) in [5, 5.41) is 3.91. The van der Waals surface area contributed by atoms with Crippen molar-refractivity contribution in [3.63, 3.8) is 0 Å². The first kappa shape index (κ1) is 13.1. The molecule has 0 aromatic carbocycles. The first-order valence-electron chi connectivity index (χ1n) is 5.10. The molecule has 0 aliphatic carbocycles. The zero-order chi connectivity index (χ0) is 14.0. The Labute approximate surface area is 113 Å². The van der Waals surface area contributed by atoms with E-state index in [0.717, 1.165) is 0 Å². The number of carbonyl (C=O) groups excluding carboxylic acids is 1. The Morgan fingerprint density at radius 1 is 1.37 bits per heavy atom. The Morgan fingerprint density at radius 2 is 2.11 bits per heavy atom. The van der Waals surface area contributed by atoms with Crippen LogP contribution < -0.4 is 4.90 Å². The second-order valence-corrected chi connectivity index (χ2v) is 3.94. The van der Waals surface area contributed by atoms with Crippen LogP contribution in [0.1, 0.15) is 10.6 Å². The van der Waals surface area contributed by atoms with Gasteiger partial charge in [-0.3, -0.25) is 0 Å². The molecule has 19 heavy (non-hydrogen) atoms. The highest BCUT2D eigenvalue weighted by atomic mass is 35.5. The second-order valence-electron chi connectivity index (χ2n) is 3.60.